The van der Waals surface area contributed by atoms with Gasteiger partial charge in [0.05, 0.1) is 10.7 Å². The van der Waals surface area contributed by atoms with Crippen molar-refractivity contribution in [3.63, 3.8) is 0 Å². The van der Waals surface area contributed by atoms with Crippen molar-refractivity contribution >= 4 is 46.3 Å². The van der Waals surface area contributed by atoms with Gasteiger partial charge in [-0.2, -0.15) is 4.98 Å². The number of hydrogen-bond donors (Lipinski definition) is 3. The Morgan fingerprint density at radius 1 is 1.35 bits per heavy atom. The monoisotopic (exact) mass is 349 g/mol. The molecule has 0 spiro atoms. The number of hydrogen-bond acceptors (Lipinski definition) is 5. The number of nitrogen functional groups attached to an aromatic ring is 1. The van der Waals surface area contributed by atoms with E-state index in [4.69, 9.17) is 29.6 Å². The maximum Gasteiger partial charge on any atom is 0.264 e. The van der Waals surface area contributed by atoms with Crippen LogP contribution < -0.4 is 21.5 Å². The fraction of sp³-hybridized carbons (Fsp3) is 0.267. The van der Waals surface area contributed by atoms with Crippen LogP contribution in [0.4, 0.5) is 17.5 Å². The topological polar surface area (TPSA) is 87.0 Å². The SMILES string of the molecule is Nc1nc(N2CCCC2)[nH]c(=O)c1C(=S)Nc1ccccc1Cl. The number of nitrogens with one attached hydrogen (secondary N) is 2. The first-order valence-electron chi connectivity index (χ1n) is 7.27. The average Bonchev–Trinajstić information content (AvgIpc) is 3.03. The molecule has 2 heterocycles. The second-order valence-corrected chi connectivity index (χ2v) is 6.09. The van der Waals surface area contributed by atoms with Crippen LogP contribution in [0.15, 0.2) is 29.1 Å². The first-order chi connectivity index (χ1) is 11.1. The second kappa shape index (κ2) is 6.55. The molecule has 1 fully saturated rings. The lowest BCUT2D eigenvalue weighted by atomic mass is 10.2. The van der Waals surface area contributed by atoms with E-state index in [1.54, 1.807) is 12.1 Å². The van der Waals surface area contributed by atoms with E-state index in [1.165, 1.54) is 0 Å². The summed E-state index contributed by atoms with van der Waals surface area (Å²) in [6.45, 7) is 1.73. The molecule has 0 amide bonds. The van der Waals surface area contributed by atoms with Gasteiger partial charge in [-0.25, -0.2) is 0 Å². The van der Waals surface area contributed by atoms with Crippen LogP contribution >= 0.6 is 23.8 Å². The van der Waals surface area contributed by atoms with Crippen LogP contribution in [0.3, 0.4) is 0 Å². The summed E-state index contributed by atoms with van der Waals surface area (Å²) in [7, 11) is 0. The predicted octanol–water partition coefficient (Wildman–Crippen LogP) is 2.39. The summed E-state index contributed by atoms with van der Waals surface area (Å²) in [4.78, 5) is 21.6. The fourth-order valence-corrected chi connectivity index (χ4v) is 3.01. The lowest BCUT2D eigenvalue weighted by molar-refractivity contribution is 0.891. The van der Waals surface area contributed by atoms with Crippen LogP contribution in [-0.4, -0.2) is 28.0 Å². The van der Waals surface area contributed by atoms with Gasteiger partial charge in [-0.15, -0.1) is 0 Å². The molecule has 8 heteroatoms. The zero-order chi connectivity index (χ0) is 16.4. The van der Waals surface area contributed by atoms with Gasteiger partial charge in [0.2, 0.25) is 5.95 Å². The highest BCUT2D eigenvalue weighted by atomic mass is 35.5. The minimum absolute atomic E-state index is 0.111. The number of anilines is 3. The summed E-state index contributed by atoms with van der Waals surface area (Å²) in [5, 5.41) is 3.45. The lowest BCUT2D eigenvalue weighted by Gasteiger charge is -2.17. The van der Waals surface area contributed by atoms with Gasteiger partial charge in [-0.3, -0.25) is 9.78 Å². The van der Waals surface area contributed by atoms with Crippen LogP contribution in [-0.2, 0) is 0 Å². The molecule has 1 aromatic carbocycles. The van der Waals surface area contributed by atoms with Crippen molar-refractivity contribution < 1.29 is 0 Å². The second-order valence-electron chi connectivity index (χ2n) is 5.28. The predicted molar refractivity (Wildman–Crippen MR) is 97.5 cm³/mol. The summed E-state index contributed by atoms with van der Waals surface area (Å²) in [5.41, 5.74) is 6.37. The van der Waals surface area contributed by atoms with Gasteiger partial charge in [-0.05, 0) is 25.0 Å². The number of nitrogens with two attached hydrogens (primary N) is 1. The number of halogens is 1. The quantitative estimate of drug-likeness (QED) is 0.737. The van der Waals surface area contributed by atoms with Crippen LogP contribution in [0.1, 0.15) is 18.4 Å². The molecule has 1 saturated heterocycles. The van der Waals surface area contributed by atoms with Gasteiger partial charge in [0.1, 0.15) is 16.4 Å². The van der Waals surface area contributed by atoms with Gasteiger partial charge in [0.15, 0.2) is 0 Å². The molecule has 4 N–H and O–H groups in total. The summed E-state index contributed by atoms with van der Waals surface area (Å²) >= 11 is 11.4. The van der Waals surface area contributed by atoms with E-state index in [2.05, 4.69) is 15.3 Å². The number of nitrogens with zero attached hydrogens (tertiary/aromatic N) is 2. The average molecular weight is 350 g/mol. The van der Waals surface area contributed by atoms with Crippen LogP contribution in [0.2, 0.25) is 5.02 Å². The van der Waals surface area contributed by atoms with Gasteiger partial charge in [0, 0.05) is 13.1 Å². The third-order valence-corrected chi connectivity index (χ3v) is 4.33. The third kappa shape index (κ3) is 3.30. The Balaban J connectivity index is 1.89. The van der Waals surface area contributed by atoms with Gasteiger partial charge in [0.25, 0.3) is 5.56 Å². The number of para-hydroxylation sites is 1. The van der Waals surface area contributed by atoms with Crippen molar-refractivity contribution in [3.8, 4) is 0 Å². The molecular formula is C15H16ClN5OS. The van der Waals surface area contributed by atoms with Crippen LogP contribution in [0.25, 0.3) is 0 Å². The van der Waals surface area contributed by atoms with E-state index < -0.39 is 0 Å². The fourth-order valence-electron chi connectivity index (χ4n) is 2.52. The molecule has 0 bridgehead atoms. The van der Waals surface area contributed by atoms with Crippen molar-refractivity contribution in [1.29, 1.82) is 0 Å². The molecule has 0 saturated carbocycles. The number of rotatable bonds is 3. The first-order valence-corrected chi connectivity index (χ1v) is 8.05. The molecule has 6 nitrogen and oxygen atoms in total. The Morgan fingerprint density at radius 3 is 2.70 bits per heavy atom. The van der Waals surface area contributed by atoms with Crippen molar-refractivity contribution in [2.45, 2.75) is 12.8 Å². The Bertz CT molecular complexity index is 801. The van der Waals surface area contributed by atoms with E-state index in [-0.39, 0.29) is 21.9 Å². The Hall–Kier alpha value is -2.12. The molecular weight excluding hydrogens is 334 g/mol. The van der Waals surface area contributed by atoms with Gasteiger partial charge >= 0.3 is 0 Å². The highest BCUT2D eigenvalue weighted by Gasteiger charge is 2.19. The maximum atomic E-state index is 12.4. The zero-order valence-electron chi connectivity index (χ0n) is 12.3. The maximum absolute atomic E-state index is 12.4. The molecule has 2 aromatic rings. The highest BCUT2D eigenvalue weighted by Crippen LogP contribution is 2.22. The van der Waals surface area contributed by atoms with E-state index in [1.807, 2.05) is 17.0 Å². The Morgan fingerprint density at radius 2 is 2.04 bits per heavy atom. The smallest absolute Gasteiger partial charge is 0.264 e. The van der Waals surface area contributed by atoms with Crippen LogP contribution in [0, 0.1) is 0 Å². The molecule has 1 aromatic heterocycles. The van der Waals surface area contributed by atoms with Crippen molar-refractivity contribution in [2.75, 3.05) is 29.0 Å². The third-order valence-electron chi connectivity index (χ3n) is 3.69. The van der Waals surface area contributed by atoms with Crippen molar-refractivity contribution in [2.24, 2.45) is 0 Å². The van der Waals surface area contributed by atoms with E-state index >= 15 is 0 Å². The van der Waals surface area contributed by atoms with Crippen LogP contribution in [0.5, 0.6) is 0 Å². The van der Waals surface area contributed by atoms with E-state index in [9.17, 15) is 4.79 Å². The molecule has 3 rings (SSSR count). The molecule has 0 atom stereocenters. The molecule has 1 aliphatic heterocycles. The lowest BCUT2D eigenvalue weighted by Crippen LogP contribution is -2.30. The van der Waals surface area contributed by atoms with Crippen molar-refractivity contribution in [1.82, 2.24) is 9.97 Å². The largest absolute Gasteiger partial charge is 0.383 e. The highest BCUT2D eigenvalue weighted by molar-refractivity contribution is 7.81. The van der Waals surface area contributed by atoms with E-state index in [0.29, 0.717) is 16.7 Å². The summed E-state index contributed by atoms with van der Waals surface area (Å²) in [5.74, 6) is 0.606. The van der Waals surface area contributed by atoms with Crippen molar-refractivity contribution in [3.05, 3.63) is 45.2 Å². The number of aromatic amines is 1. The Labute approximate surface area is 143 Å². The standard InChI is InChI=1S/C15H16ClN5OS/c16-9-5-1-2-6-10(9)18-14(23)11-12(17)19-15(20-13(11)22)21-7-3-4-8-21/h1-2,5-6H,3-4,7-8H2,(H,18,23)(H3,17,19,20,22). The zero-order valence-corrected chi connectivity index (χ0v) is 13.9. The molecule has 120 valence electrons. The normalized spacial score (nSPS) is 14.0. The molecule has 23 heavy (non-hydrogen) atoms. The minimum Gasteiger partial charge on any atom is -0.383 e. The Kier molecular flexibility index (Phi) is 4.49. The molecule has 1 aliphatic rings. The minimum atomic E-state index is -0.357. The summed E-state index contributed by atoms with van der Waals surface area (Å²) in [6.07, 6.45) is 2.16. The van der Waals surface area contributed by atoms with Gasteiger partial charge < -0.3 is 16.0 Å². The van der Waals surface area contributed by atoms with E-state index in [0.717, 1.165) is 25.9 Å². The first kappa shape index (κ1) is 15.8. The molecule has 0 radical (unpaired) electrons. The number of thiocarbonyl (C=S) groups is 1. The summed E-state index contributed by atoms with van der Waals surface area (Å²) < 4.78 is 0. The van der Waals surface area contributed by atoms with Gasteiger partial charge in [-0.1, -0.05) is 36.0 Å². The molecule has 0 unspecified atom stereocenters. The number of aromatic nitrogens is 2. The summed E-state index contributed by atoms with van der Waals surface area (Å²) in [6, 6.07) is 7.13. The number of benzene rings is 1. The molecule has 0 aliphatic carbocycles. The number of H-pyrrole nitrogens is 1.